The minimum absolute atomic E-state index is 0.162. The Morgan fingerprint density at radius 1 is 1.33 bits per heavy atom. The van der Waals surface area contributed by atoms with Crippen LogP contribution in [0.1, 0.15) is 31.7 Å². The largest absolute Gasteiger partial charge is 0.489 e. The van der Waals surface area contributed by atoms with Crippen molar-refractivity contribution in [3.63, 3.8) is 0 Å². The maximum absolute atomic E-state index is 12.4. The Bertz CT molecular complexity index is 587. The first-order chi connectivity index (χ1) is 8.61. The molecule has 2 bridgehead atoms. The van der Waals surface area contributed by atoms with E-state index in [1.807, 2.05) is 18.2 Å². The zero-order chi connectivity index (χ0) is 12.5. The van der Waals surface area contributed by atoms with Crippen LogP contribution in [0.2, 0.25) is 0 Å². The number of allylic oxidation sites excluding steroid dienone is 1. The third kappa shape index (κ3) is 1.02. The van der Waals surface area contributed by atoms with Gasteiger partial charge in [-0.1, -0.05) is 29.8 Å². The van der Waals surface area contributed by atoms with E-state index in [2.05, 4.69) is 26.0 Å². The SMILES string of the molecule is CC1=C[C@@]2(C)C(=O)C[C@@H]1[C@H]1Oc3ccccc3[C@H]12. The van der Waals surface area contributed by atoms with Crippen LogP contribution in [0, 0.1) is 11.3 Å². The number of benzene rings is 1. The first-order valence-corrected chi connectivity index (χ1v) is 6.59. The number of fused-ring (bicyclic) bond motifs is 2. The van der Waals surface area contributed by atoms with Crippen LogP contribution in [0.4, 0.5) is 0 Å². The molecule has 2 nitrogen and oxygen atoms in total. The number of carbonyl (C=O) groups is 1. The van der Waals surface area contributed by atoms with E-state index in [0.717, 1.165) is 5.75 Å². The molecule has 0 saturated heterocycles. The lowest BCUT2D eigenvalue weighted by molar-refractivity contribution is -0.134. The number of rotatable bonds is 0. The quantitative estimate of drug-likeness (QED) is 0.651. The van der Waals surface area contributed by atoms with E-state index >= 15 is 0 Å². The van der Waals surface area contributed by atoms with E-state index in [4.69, 9.17) is 4.74 Å². The predicted octanol–water partition coefficient (Wildman–Crippen LogP) is 3.09. The molecule has 4 atom stereocenters. The second kappa shape index (κ2) is 3.05. The summed E-state index contributed by atoms with van der Waals surface area (Å²) >= 11 is 0. The monoisotopic (exact) mass is 240 g/mol. The highest BCUT2D eigenvalue weighted by Gasteiger charge is 2.59. The van der Waals surface area contributed by atoms with Crippen molar-refractivity contribution in [1.29, 1.82) is 0 Å². The molecule has 2 heteroatoms. The number of ketones is 1. The molecule has 4 aliphatic rings. The van der Waals surface area contributed by atoms with Gasteiger partial charge in [0.2, 0.25) is 0 Å². The summed E-state index contributed by atoms with van der Waals surface area (Å²) in [7, 11) is 0. The molecule has 1 saturated carbocycles. The molecule has 0 N–H and O–H groups in total. The van der Waals surface area contributed by atoms with Crippen molar-refractivity contribution in [2.75, 3.05) is 0 Å². The lowest BCUT2D eigenvalue weighted by Gasteiger charge is -2.48. The van der Waals surface area contributed by atoms with E-state index in [0.29, 0.717) is 12.2 Å². The van der Waals surface area contributed by atoms with Crippen LogP contribution >= 0.6 is 0 Å². The first-order valence-electron chi connectivity index (χ1n) is 6.59. The number of carbonyl (C=O) groups excluding carboxylic acids is 1. The fourth-order valence-corrected chi connectivity index (χ4v) is 4.09. The van der Waals surface area contributed by atoms with Gasteiger partial charge in [0.25, 0.3) is 0 Å². The molecule has 0 unspecified atom stereocenters. The summed E-state index contributed by atoms with van der Waals surface area (Å²) in [6, 6.07) is 8.18. The zero-order valence-corrected chi connectivity index (χ0v) is 10.6. The van der Waals surface area contributed by atoms with Gasteiger partial charge in [-0.05, 0) is 19.9 Å². The fraction of sp³-hybridized carbons (Fsp3) is 0.438. The Labute approximate surface area is 107 Å². The molecule has 3 aliphatic carbocycles. The van der Waals surface area contributed by atoms with Crippen molar-refractivity contribution < 1.29 is 9.53 Å². The van der Waals surface area contributed by atoms with Crippen molar-refractivity contribution in [2.24, 2.45) is 11.3 Å². The van der Waals surface area contributed by atoms with Crippen molar-refractivity contribution in [2.45, 2.75) is 32.3 Å². The zero-order valence-electron chi connectivity index (χ0n) is 10.6. The van der Waals surface area contributed by atoms with Gasteiger partial charge in [-0.15, -0.1) is 0 Å². The van der Waals surface area contributed by atoms with E-state index in [-0.39, 0.29) is 23.4 Å². The summed E-state index contributed by atoms with van der Waals surface area (Å²) in [4.78, 5) is 12.4. The molecule has 1 fully saturated rings. The Balaban J connectivity index is 1.95. The number of ether oxygens (including phenoxy) is 1. The molecule has 0 aromatic heterocycles. The molecule has 18 heavy (non-hydrogen) atoms. The van der Waals surface area contributed by atoms with Gasteiger partial charge in [-0.25, -0.2) is 0 Å². The first kappa shape index (κ1) is 10.4. The number of hydrogen-bond acceptors (Lipinski definition) is 2. The second-order valence-electron chi connectivity index (χ2n) is 6.00. The van der Waals surface area contributed by atoms with Crippen molar-refractivity contribution in [3.8, 4) is 5.75 Å². The lowest BCUT2D eigenvalue weighted by atomic mass is 9.54. The van der Waals surface area contributed by atoms with Crippen LogP contribution in [0.3, 0.4) is 0 Å². The summed E-state index contributed by atoms with van der Waals surface area (Å²) in [5.74, 6) is 1.83. The van der Waals surface area contributed by atoms with E-state index < -0.39 is 0 Å². The molecule has 1 heterocycles. The maximum atomic E-state index is 12.4. The molecule has 1 aromatic rings. The van der Waals surface area contributed by atoms with E-state index in [1.165, 1.54) is 11.1 Å². The van der Waals surface area contributed by atoms with Crippen molar-refractivity contribution >= 4 is 5.78 Å². The smallest absolute Gasteiger partial charge is 0.144 e. The van der Waals surface area contributed by atoms with Crippen molar-refractivity contribution in [1.82, 2.24) is 0 Å². The fourth-order valence-electron chi connectivity index (χ4n) is 4.09. The Morgan fingerprint density at radius 3 is 2.94 bits per heavy atom. The topological polar surface area (TPSA) is 26.3 Å². The maximum Gasteiger partial charge on any atom is 0.144 e. The summed E-state index contributed by atoms with van der Waals surface area (Å²) in [6.07, 6.45) is 3.00. The van der Waals surface area contributed by atoms with Crippen molar-refractivity contribution in [3.05, 3.63) is 41.5 Å². The molecule has 0 spiro atoms. The van der Waals surface area contributed by atoms with Crippen LogP contribution in [0.15, 0.2) is 35.9 Å². The molecule has 0 radical (unpaired) electrons. The summed E-state index contributed by atoms with van der Waals surface area (Å²) in [5.41, 5.74) is 2.17. The van der Waals surface area contributed by atoms with Gasteiger partial charge >= 0.3 is 0 Å². The molecule has 1 aliphatic heterocycles. The average molecular weight is 240 g/mol. The molecular formula is C16H16O2. The van der Waals surface area contributed by atoms with Gasteiger partial charge in [0, 0.05) is 23.8 Å². The van der Waals surface area contributed by atoms with Gasteiger partial charge in [0.05, 0.1) is 5.41 Å². The molecule has 1 aromatic carbocycles. The molecular weight excluding hydrogens is 224 g/mol. The van der Waals surface area contributed by atoms with E-state index in [9.17, 15) is 4.79 Å². The average Bonchev–Trinajstić information content (AvgIpc) is 2.73. The van der Waals surface area contributed by atoms with Gasteiger partial charge in [-0.3, -0.25) is 4.79 Å². The van der Waals surface area contributed by atoms with Crippen LogP contribution in [0.5, 0.6) is 5.75 Å². The Kier molecular flexibility index (Phi) is 1.76. The summed E-state index contributed by atoms with van der Waals surface area (Å²) in [6.45, 7) is 4.22. The minimum Gasteiger partial charge on any atom is -0.489 e. The highest BCUT2D eigenvalue weighted by Crippen LogP contribution is 2.60. The third-order valence-corrected chi connectivity index (χ3v) is 5.01. The second-order valence-corrected chi connectivity index (χ2v) is 6.00. The highest BCUT2D eigenvalue weighted by molar-refractivity contribution is 5.91. The summed E-state index contributed by atoms with van der Waals surface area (Å²) < 4.78 is 6.14. The van der Waals surface area contributed by atoms with Crippen LogP contribution in [0.25, 0.3) is 0 Å². The number of Topliss-reactive ketones (excluding diaryl/α,β-unsaturated/α-hetero) is 1. The predicted molar refractivity (Wildman–Crippen MR) is 68.6 cm³/mol. The Morgan fingerprint density at radius 2 is 2.11 bits per heavy atom. The van der Waals surface area contributed by atoms with Crippen LogP contribution in [-0.4, -0.2) is 11.9 Å². The van der Waals surface area contributed by atoms with Crippen LogP contribution < -0.4 is 4.74 Å². The third-order valence-electron chi connectivity index (χ3n) is 5.01. The number of para-hydroxylation sites is 1. The minimum atomic E-state index is -0.365. The molecule has 5 rings (SSSR count). The normalized spacial score (nSPS) is 40.0. The summed E-state index contributed by atoms with van der Waals surface area (Å²) in [5, 5.41) is 0. The Hall–Kier alpha value is -1.57. The van der Waals surface area contributed by atoms with Gasteiger partial charge in [-0.2, -0.15) is 0 Å². The standard InChI is InChI=1S/C16H16O2/c1-9-8-16(2)13(17)7-11(9)15-14(16)10-5-3-4-6-12(10)18-15/h3-6,8,11,14-15H,7H2,1-2H3/t11-,14+,15+,16-/m0/s1. The number of hydrogen-bond donors (Lipinski definition) is 0. The molecule has 0 amide bonds. The van der Waals surface area contributed by atoms with Gasteiger partial charge in [0.15, 0.2) is 0 Å². The van der Waals surface area contributed by atoms with Gasteiger partial charge < -0.3 is 4.74 Å². The van der Waals surface area contributed by atoms with E-state index in [1.54, 1.807) is 0 Å². The van der Waals surface area contributed by atoms with Crippen LogP contribution in [-0.2, 0) is 4.79 Å². The molecule has 92 valence electrons. The highest BCUT2D eigenvalue weighted by atomic mass is 16.5. The lowest BCUT2D eigenvalue weighted by Crippen LogP contribution is -2.52. The van der Waals surface area contributed by atoms with Gasteiger partial charge in [0.1, 0.15) is 17.6 Å².